The van der Waals surface area contributed by atoms with Crippen LogP contribution in [-0.4, -0.2) is 12.1 Å². The lowest BCUT2D eigenvalue weighted by atomic mass is 9.86. The van der Waals surface area contributed by atoms with Crippen LogP contribution in [0.4, 0.5) is 15.8 Å². The third-order valence-corrected chi connectivity index (χ3v) is 8.04. The second-order valence-corrected chi connectivity index (χ2v) is 10.3. The molecule has 2 aliphatic carbocycles. The first-order valence-corrected chi connectivity index (χ1v) is 13.0. The fourth-order valence-corrected chi connectivity index (χ4v) is 5.97. The molecule has 0 amide bonds. The first kappa shape index (κ1) is 23.0. The Morgan fingerprint density at radius 3 is 1.38 bits per heavy atom. The Bertz CT molecular complexity index is 1010. The third-order valence-electron chi connectivity index (χ3n) is 8.04. The van der Waals surface area contributed by atoms with Crippen LogP contribution in [0.2, 0.25) is 0 Å². The van der Waals surface area contributed by atoms with Crippen LogP contribution in [0.3, 0.4) is 0 Å². The summed E-state index contributed by atoms with van der Waals surface area (Å²) in [5, 5.41) is 7.28. The second kappa shape index (κ2) is 9.82. The van der Waals surface area contributed by atoms with Crippen molar-refractivity contribution in [1.82, 2.24) is 0 Å². The zero-order valence-corrected chi connectivity index (χ0v) is 20.8. The van der Waals surface area contributed by atoms with E-state index in [2.05, 4.69) is 73.0 Å². The summed E-state index contributed by atoms with van der Waals surface area (Å²) >= 11 is 0. The Morgan fingerprint density at radius 1 is 0.559 bits per heavy atom. The zero-order valence-electron chi connectivity index (χ0n) is 20.8. The standard InChI is InChI=1S/C31H37FN2/c1-20-21(2)30(24-14-18-28(19-15-24)34-26-10-6-7-11-26)31(32)22(3)29(20)23-12-16-27(17-13-23)33-25-8-4-5-9-25/h12-19,25-26,33-34H,4-11H2,1-3H3. The molecule has 2 fully saturated rings. The van der Waals surface area contributed by atoms with Gasteiger partial charge in [-0.25, -0.2) is 4.39 Å². The van der Waals surface area contributed by atoms with Gasteiger partial charge in [0.1, 0.15) is 5.82 Å². The molecule has 0 aromatic heterocycles. The Kier molecular flexibility index (Phi) is 6.63. The van der Waals surface area contributed by atoms with Crippen molar-refractivity contribution in [3.63, 3.8) is 0 Å². The maximum absolute atomic E-state index is 15.8. The molecule has 3 aromatic rings. The van der Waals surface area contributed by atoms with Crippen molar-refractivity contribution in [1.29, 1.82) is 0 Å². The smallest absolute Gasteiger partial charge is 0.134 e. The summed E-state index contributed by atoms with van der Waals surface area (Å²) in [4.78, 5) is 0. The first-order valence-electron chi connectivity index (χ1n) is 13.0. The van der Waals surface area contributed by atoms with Gasteiger partial charge in [-0.1, -0.05) is 49.9 Å². The van der Waals surface area contributed by atoms with Crippen molar-refractivity contribution in [3.8, 4) is 22.3 Å². The van der Waals surface area contributed by atoms with Crippen LogP contribution < -0.4 is 10.6 Å². The lowest BCUT2D eigenvalue weighted by molar-refractivity contribution is 0.621. The summed E-state index contributed by atoms with van der Waals surface area (Å²) in [6.45, 7) is 6.10. The number of hydrogen-bond donors (Lipinski definition) is 2. The molecule has 34 heavy (non-hydrogen) atoms. The molecule has 0 radical (unpaired) electrons. The third kappa shape index (κ3) is 4.58. The van der Waals surface area contributed by atoms with Gasteiger partial charge in [-0.15, -0.1) is 0 Å². The van der Waals surface area contributed by atoms with E-state index in [1.165, 1.54) is 51.4 Å². The van der Waals surface area contributed by atoms with E-state index >= 15 is 4.39 Å². The fraction of sp³-hybridized carbons (Fsp3) is 0.419. The molecule has 0 heterocycles. The average Bonchev–Trinajstić information content (AvgIpc) is 3.55. The Morgan fingerprint density at radius 2 is 0.941 bits per heavy atom. The van der Waals surface area contributed by atoms with E-state index in [1.807, 2.05) is 6.92 Å². The molecule has 0 aliphatic heterocycles. The molecule has 3 aromatic carbocycles. The average molecular weight is 457 g/mol. The molecule has 3 heteroatoms. The first-order chi connectivity index (χ1) is 16.5. The van der Waals surface area contributed by atoms with Gasteiger partial charge in [-0.2, -0.15) is 0 Å². The minimum Gasteiger partial charge on any atom is -0.382 e. The van der Waals surface area contributed by atoms with Gasteiger partial charge in [0.15, 0.2) is 0 Å². The lowest BCUT2D eigenvalue weighted by Gasteiger charge is -2.20. The summed E-state index contributed by atoms with van der Waals surface area (Å²) in [5.41, 5.74) is 8.95. The fourth-order valence-electron chi connectivity index (χ4n) is 5.97. The highest BCUT2D eigenvalue weighted by atomic mass is 19.1. The quantitative estimate of drug-likeness (QED) is 0.387. The van der Waals surface area contributed by atoms with Gasteiger partial charge in [-0.3, -0.25) is 0 Å². The van der Waals surface area contributed by atoms with Gasteiger partial charge in [0.2, 0.25) is 0 Å². The second-order valence-electron chi connectivity index (χ2n) is 10.3. The van der Waals surface area contributed by atoms with Crippen LogP contribution in [0.5, 0.6) is 0 Å². The molecular weight excluding hydrogens is 419 g/mol. The lowest BCUT2D eigenvalue weighted by Crippen LogP contribution is -2.14. The van der Waals surface area contributed by atoms with E-state index in [0.717, 1.165) is 50.3 Å². The number of nitrogens with one attached hydrogen (secondary N) is 2. The van der Waals surface area contributed by atoms with Crippen LogP contribution in [0.25, 0.3) is 22.3 Å². The van der Waals surface area contributed by atoms with Gasteiger partial charge in [0.25, 0.3) is 0 Å². The van der Waals surface area contributed by atoms with Crippen molar-refractivity contribution >= 4 is 11.4 Å². The number of anilines is 2. The monoisotopic (exact) mass is 456 g/mol. The summed E-state index contributed by atoms with van der Waals surface area (Å²) in [6, 6.07) is 18.0. The molecule has 0 saturated heterocycles. The van der Waals surface area contributed by atoms with Crippen LogP contribution in [0, 0.1) is 26.6 Å². The van der Waals surface area contributed by atoms with Gasteiger partial charge < -0.3 is 10.6 Å². The van der Waals surface area contributed by atoms with Crippen LogP contribution in [0.1, 0.15) is 68.1 Å². The van der Waals surface area contributed by atoms with Gasteiger partial charge in [0.05, 0.1) is 0 Å². The number of rotatable bonds is 6. The van der Waals surface area contributed by atoms with E-state index < -0.39 is 0 Å². The van der Waals surface area contributed by atoms with Crippen molar-refractivity contribution in [3.05, 3.63) is 71.0 Å². The predicted octanol–water partition coefficient (Wildman–Crippen LogP) is 8.79. The van der Waals surface area contributed by atoms with Crippen molar-refractivity contribution in [2.24, 2.45) is 0 Å². The van der Waals surface area contributed by atoms with Crippen molar-refractivity contribution in [2.45, 2.75) is 84.2 Å². The highest BCUT2D eigenvalue weighted by Crippen LogP contribution is 2.39. The highest BCUT2D eigenvalue weighted by Gasteiger charge is 2.21. The summed E-state index contributed by atoms with van der Waals surface area (Å²) in [7, 11) is 0. The summed E-state index contributed by atoms with van der Waals surface area (Å²) in [5.74, 6) is -0.109. The maximum atomic E-state index is 15.8. The Balaban J connectivity index is 1.42. The zero-order chi connectivity index (χ0) is 23.7. The normalized spacial score (nSPS) is 16.8. The summed E-state index contributed by atoms with van der Waals surface area (Å²) < 4.78 is 15.8. The molecule has 0 atom stereocenters. The molecule has 0 unspecified atom stereocenters. The van der Waals surface area contributed by atoms with Crippen molar-refractivity contribution in [2.75, 3.05) is 10.6 Å². The molecule has 2 nitrogen and oxygen atoms in total. The van der Waals surface area contributed by atoms with Gasteiger partial charge in [-0.05, 0) is 104 Å². The van der Waals surface area contributed by atoms with Crippen molar-refractivity contribution < 1.29 is 4.39 Å². The minimum atomic E-state index is -0.109. The number of hydrogen-bond acceptors (Lipinski definition) is 2. The van der Waals surface area contributed by atoms with Gasteiger partial charge >= 0.3 is 0 Å². The van der Waals surface area contributed by atoms with Gasteiger partial charge in [0, 0.05) is 29.0 Å². The topological polar surface area (TPSA) is 24.1 Å². The molecule has 2 saturated carbocycles. The van der Waals surface area contributed by atoms with Crippen LogP contribution >= 0.6 is 0 Å². The van der Waals surface area contributed by atoms with E-state index in [1.54, 1.807) is 0 Å². The largest absolute Gasteiger partial charge is 0.382 e. The van der Waals surface area contributed by atoms with Crippen LogP contribution in [-0.2, 0) is 0 Å². The van der Waals surface area contributed by atoms with E-state index in [-0.39, 0.29) is 5.82 Å². The SMILES string of the molecule is Cc1c(C)c(-c2ccc(NC3CCCC3)cc2)c(F)c(C)c1-c1ccc(NC2CCCC2)cc1. The maximum Gasteiger partial charge on any atom is 0.134 e. The van der Waals surface area contributed by atoms with E-state index in [0.29, 0.717) is 12.1 Å². The molecule has 178 valence electrons. The highest BCUT2D eigenvalue weighted by molar-refractivity contribution is 5.81. The Hall–Kier alpha value is -2.81. The van der Waals surface area contributed by atoms with E-state index in [4.69, 9.17) is 0 Å². The summed E-state index contributed by atoms with van der Waals surface area (Å²) in [6.07, 6.45) is 10.3. The molecule has 2 aliphatic rings. The molecule has 0 bridgehead atoms. The molecular formula is C31H37FN2. The minimum absolute atomic E-state index is 0.109. The van der Waals surface area contributed by atoms with E-state index in [9.17, 15) is 0 Å². The van der Waals surface area contributed by atoms with Crippen LogP contribution in [0.15, 0.2) is 48.5 Å². The predicted molar refractivity (Wildman–Crippen MR) is 143 cm³/mol. The number of halogens is 1. The molecule has 0 spiro atoms. The Labute approximate surface area is 204 Å². The molecule has 2 N–H and O–H groups in total. The number of benzene rings is 3. The molecule has 5 rings (SSSR count).